The molecule has 0 fully saturated rings. The molecule has 0 aliphatic rings. The Balaban J connectivity index is 1.98. The summed E-state index contributed by atoms with van der Waals surface area (Å²) in [6.45, 7) is 6.12. The Morgan fingerprint density at radius 2 is 1.96 bits per heavy atom. The van der Waals surface area contributed by atoms with Crippen LogP contribution in [0.25, 0.3) is 10.2 Å². The van der Waals surface area contributed by atoms with Crippen molar-refractivity contribution in [3.63, 3.8) is 0 Å². The summed E-state index contributed by atoms with van der Waals surface area (Å²) in [5, 5.41) is 13.6. The van der Waals surface area contributed by atoms with Crippen LogP contribution in [0.5, 0.6) is 0 Å². The Hall–Kier alpha value is -2.52. The van der Waals surface area contributed by atoms with Crippen LogP contribution in [0, 0.1) is 11.3 Å². The summed E-state index contributed by atoms with van der Waals surface area (Å²) < 4.78 is 1.07. The molecule has 23 heavy (non-hydrogen) atoms. The quantitative estimate of drug-likeness (QED) is 0.790. The van der Waals surface area contributed by atoms with Crippen LogP contribution < -0.4 is 5.32 Å². The van der Waals surface area contributed by atoms with Crippen molar-refractivity contribution in [2.24, 2.45) is 0 Å². The highest BCUT2D eigenvalue weighted by Crippen LogP contribution is 2.30. The normalized spacial score (nSPS) is 12.8. The van der Waals surface area contributed by atoms with Gasteiger partial charge in [0.2, 0.25) is 5.95 Å². The first-order valence-electron chi connectivity index (χ1n) is 7.32. The van der Waals surface area contributed by atoms with Gasteiger partial charge in [-0.2, -0.15) is 5.26 Å². The fraction of sp³-hybridized carbons (Fsp3) is 0.294. The van der Waals surface area contributed by atoms with E-state index in [1.807, 2.05) is 45.0 Å². The van der Waals surface area contributed by atoms with Crippen molar-refractivity contribution in [3.8, 4) is 6.07 Å². The molecule has 0 saturated heterocycles. The van der Waals surface area contributed by atoms with Crippen LogP contribution in [-0.4, -0.2) is 20.5 Å². The van der Waals surface area contributed by atoms with E-state index >= 15 is 0 Å². The van der Waals surface area contributed by atoms with E-state index in [1.54, 1.807) is 12.3 Å². The third kappa shape index (κ3) is 3.46. The largest absolute Gasteiger partial charge is 0.350 e. The second-order valence-corrected chi connectivity index (χ2v) is 7.32. The minimum Gasteiger partial charge on any atom is -0.350 e. The minimum atomic E-state index is -0.490. The molecule has 1 unspecified atom stereocenters. The van der Waals surface area contributed by atoms with Gasteiger partial charge in [0.15, 0.2) is 0 Å². The van der Waals surface area contributed by atoms with Gasteiger partial charge in [-0.15, -0.1) is 11.3 Å². The number of para-hydroxylation sites is 1. The predicted molar refractivity (Wildman–Crippen MR) is 92.5 cm³/mol. The molecule has 1 atom stereocenters. The molecule has 0 bridgehead atoms. The van der Waals surface area contributed by atoms with Crippen LogP contribution in [-0.2, 0) is 0 Å². The summed E-state index contributed by atoms with van der Waals surface area (Å²) in [4.78, 5) is 13.3. The molecule has 6 heteroatoms. The molecule has 116 valence electrons. The van der Waals surface area contributed by atoms with Crippen molar-refractivity contribution >= 4 is 27.5 Å². The van der Waals surface area contributed by atoms with Gasteiger partial charge in [-0.3, -0.25) is 0 Å². The van der Waals surface area contributed by atoms with Gasteiger partial charge in [0.25, 0.3) is 0 Å². The third-order valence-corrected chi connectivity index (χ3v) is 4.25. The number of hydrogen-bond donors (Lipinski definition) is 1. The SMILES string of the molecule is CC(C)(C)Nc1nccc(C(C#N)c2nc3ccccc3s2)n1. The topological polar surface area (TPSA) is 74.5 Å². The van der Waals surface area contributed by atoms with Gasteiger partial charge in [0.05, 0.1) is 22.0 Å². The van der Waals surface area contributed by atoms with Crippen molar-refractivity contribution in [1.29, 1.82) is 5.26 Å². The standard InChI is InChI=1S/C17H17N5S/c1-17(2,3)22-16-19-9-8-12(21-16)11(10-18)15-20-13-6-4-5-7-14(13)23-15/h4-9,11H,1-3H3,(H,19,21,22). The molecule has 0 aliphatic carbocycles. The summed E-state index contributed by atoms with van der Waals surface area (Å²) >= 11 is 1.53. The number of thiazole rings is 1. The van der Waals surface area contributed by atoms with Gasteiger partial charge in [0.1, 0.15) is 10.9 Å². The minimum absolute atomic E-state index is 0.142. The lowest BCUT2D eigenvalue weighted by Gasteiger charge is -2.20. The van der Waals surface area contributed by atoms with Crippen molar-refractivity contribution in [2.75, 3.05) is 5.32 Å². The van der Waals surface area contributed by atoms with E-state index in [-0.39, 0.29) is 5.54 Å². The van der Waals surface area contributed by atoms with Crippen molar-refractivity contribution in [1.82, 2.24) is 15.0 Å². The first-order chi connectivity index (χ1) is 11.0. The van der Waals surface area contributed by atoms with E-state index in [0.717, 1.165) is 15.2 Å². The number of nitriles is 1. The fourth-order valence-electron chi connectivity index (χ4n) is 2.19. The van der Waals surface area contributed by atoms with Crippen LogP contribution in [0.4, 0.5) is 5.95 Å². The molecule has 0 saturated carbocycles. The van der Waals surface area contributed by atoms with Crippen LogP contribution in [0.3, 0.4) is 0 Å². The molecule has 1 N–H and O–H groups in total. The first kappa shape index (κ1) is 15.4. The number of benzene rings is 1. The zero-order valence-electron chi connectivity index (χ0n) is 13.2. The maximum atomic E-state index is 9.62. The zero-order valence-corrected chi connectivity index (χ0v) is 14.1. The lowest BCUT2D eigenvalue weighted by atomic mass is 10.1. The average molecular weight is 323 g/mol. The zero-order chi connectivity index (χ0) is 16.4. The molecule has 2 heterocycles. The molecule has 0 spiro atoms. The van der Waals surface area contributed by atoms with E-state index in [9.17, 15) is 5.26 Å². The third-order valence-electron chi connectivity index (χ3n) is 3.15. The average Bonchev–Trinajstić information content (AvgIpc) is 2.90. The molecular formula is C17H17N5S. The molecule has 2 aromatic heterocycles. The molecule has 3 aromatic rings. The summed E-state index contributed by atoms with van der Waals surface area (Å²) in [5.41, 5.74) is 1.43. The molecular weight excluding hydrogens is 306 g/mol. The maximum Gasteiger partial charge on any atom is 0.223 e. The highest BCUT2D eigenvalue weighted by molar-refractivity contribution is 7.18. The van der Waals surface area contributed by atoms with Gasteiger partial charge in [-0.25, -0.2) is 15.0 Å². The van der Waals surface area contributed by atoms with Gasteiger partial charge >= 0.3 is 0 Å². The Morgan fingerprint density at radius 1 is 1.17 bits per heavy atom. The van der Waals surface area contributed by atoms with E-state index in [0.29, 0.717) is 11.6 Å². The molecule has 0 aliphatic heterocycles. The number of aromatic nitrogens is 3. The Morgan fingerprint density at radius 3 is 2.65 bits per heavy atom. The summed E-state index contributed by atoms with van der Waals surface area (Å²) in [6.07, 6.45) is 1.67. The number of anilines is 1. The molecule has 3 rings (SSSR count). The first-order valence-corrected chi connectivity index (χ1v) is 8.14. The number of fused-ring (bicyclic) bond motifs is 1. The fourth-order valence-corrected chi connectivity index (χ4v) is 3.22. The smallest absolute Gasteiger partial charge is 0.223 e. The Bertz CT molecular complexity index is 839. The van der Waals surface area contributed by atoms with Crippen molar-refractivity contribution < 1.29 is 0 Å². The van der Waals surface area contributed by atoms with E-state index in [2.05, 4.69) is 26.3 Å². The van der Waals surface area contributed by atoms with E-state index < -0.39 is 5.92 Å². The van der Waals surface area contributed by atoms with Crippen molar-refractivity contribution in [3.05, 3.63) is 47.2 Å². The molecule has 0 radical (unpaired) electrons. The Kier molecular flexibility index (Phi) is 3.97. The lowest BCUT2D eigenvalue weighted by Crippen LogP contribution is -2.27. The Labute approximate surface area is 139 Å². The van der Waals surface area contributed by atoms with Gasteiger partial charge in [-0.1, -0.05) is 12.1 Å². The number of rotatable bonds is 3. The highest BCUT2D eigenvalue weighted by Gasteiger charge is 2.21. The molecule has 0 amide bonds. The monoisotopic (exact) mass is 323 g/mol. The van der Waals surface area contributed by atoms with Crippen LogP contribution in [0.15, 0.2) is 36.5 Å². The van der Waals surface area contributed by atoms with Gasteiger partial charge in [-0.05, 0) is 39.0 Å². The second kappa shape index (κ2) is 5.94. The number of nitrogens with one attached hydrogen (secondary N) is 1. The summed E-state index contributed by atoms with van der Waals surface area (Å²) in [7, 11) is 0. The molecule has 5 nitrogen and oxygen atoms in total. The van der Waals surface area contributed by atoms with Crippen LogP contribution in [0.1, 0.15) is 37.4 Å². The van der Waals surface area contributed by atoms with Gasteiger partial charge < -0.3 is 5.32 Å². The lowest BCUT2D eigenvalue weighted by molar-refractivity contribution is 0.625. The van der Waals surface area contributed by atoms with Crippen LogP contribution >= 0.6 is 11.3 Å². The second-order valence-electron chi connectivity index (χ2n) is 6.26. The maximum absolute atomic E-state index is 9.62. The van der Waals surface area contributed by atoms with Crippen LogP contribution in [0.2, 0.25) is 0 Å². The summed E-state index contributed by atoms with van der Waals surface area (Å²) in [6, 6.07) is 12.0. The number of hydrogen-bond acceptors (Lipinski definition) is 6. The predicted octanol–water partition coefficient (Wildman–Crippen LogP) is 3.95. The highest BCUT2D eigenvalue weighted by atomic mass is 32.1. The summed E-state index contributed by atoms with van der Waals surface area (Å²) in [5.74, 6) is 0.0345. The van der Waals surface area contributed by atoms with E-state index in [1.165, 1.54) is 11.3 Å². The van der Waals surface area contributed by atoms with Crippen molar-refractivity contribution in [2.45, 2.75) is 32.2 Å². The molecule has 1 aromatic carbocycles. The van der Waals surface area contributed by atoms with Gasteiger partial charge in [0, 0.05) is 11.7 Å². The number of nitrogens with zero attached hydrogens (tertiary/aromatic N) is 4. The van der Waals surface area contributed by atoms with E-state index in [4.69, 9.17) is 0 Å².